The van der Waals surface area contributed by atoms with E-state index in [0.717, 1.165) is 24.2 Å². The first kappa shape index (κ1) is 13.7. The fraction of sp³-hybridized carbons (Fsp3) is 0.438. The molecule has 0 unspecified atom stereocenters. The molecule has 0 bridgehead atoms. The third-order valence-electron chi connectivity index (χ3n) is 3.27. The minimum absolute atomic E-state index is 0.262. The standard InChI is InChI=1S/C16H22N2O/c1-5-10-18-15(11(2)3)16(19)14(17-18)13-8-6-12(4)7-9-13/h6-9,11,19H,5,10H2,1-4H3. The van der Waals surface area contributed by atoms with E-state index in [9.17, 15) is 5.11 Å². The van der Waals surface area contributed by atoms with Gasteiger partial charge in [0, 0.05) is 12.1 Å². The molecule has 1 aromatic heterocycles. The van der Waals surface area contributed by atoms with Gasteiger partial charge >= 0.3 is 0 Å². The SMILES string of the molecule is CCCn1nc(-c2ccc(C)cc2)c(O)c1C(C)C. The Bertz CT molecular complexity index is 553. The van der Waals surface area contributed by atoms with Crippen LogP contribution in [0.5, 0.6) is 5.75 Å². The molecule has 0 saturated carbocycles. The topological polar surface area (TPSA) is 38.0 Å². The molecule has 3 nitrogen and oxygen atoms in total. The summed E-state index contributed by atoms with van der Waals surface area (Å²) in [5, 5.41) is 15.0. The fourth-order valence-electron chi connectivity index (χ4n) is 2.33. The average molecular weight is 258 g/mol. The van der Waals surface area contributed by atoms with Gasteiger partial charge in [-0.1, -0.05) is 50.6 Å². The summed E-state index contributed by atoms with van der Waals surface area (Å²) in [7, 11) is 0. The van der Waals surface area contributed by atoms with Crippen LogP contribution in [0.3, 0.4) is 0 Å². The highest BCUT2D eigenvalue weighted by Gasteiger charge is 2.20. The molecule has 0 aliphatic rings. The quantitative estimate of drug-likeness (QED) is 0.896. The maximum absolute atomic E-state index is 10.4. The molecule has 0 radical (unpaired) electrons. The van der Waals surface area contributed by atoms with Crippen molar-refractivity contribution in [2.24, 2.45) is 0 Å². The van der Waals surface area contributed by atoms with E-state index < -0.39 is 0 Å². The third kappa shape index (κ3) is 2.65. The number of nitrogens with zero attached hydrogens (tertiary/aromatic N) is 2. The van der Waals surface area contributed by atoms with Crippen LogP contribution in [0.4, 0.5) is 0 Å². The van der Waals surface area contributed by atoms with Gasteiger partial charge in [0.25, 0.3) is 0 Å². The van der Waals surface area contributed by atoms with E-state index in [1.807, 2.05) is 28.9 Å². The van der Waals surface area contributed by atoms with Crippen molar-refractivity contribution in [1.29, 1.82) is 0 Å². The van der Waals surface area contributed by atoms with Crippen LogP contribution < -0.4 is 0 Å². The van der Waals surface area contributed by atoms with Gasteiger partial charge in [0.2, 0.25) is 0 Å². The van der Waals surface area contributed by atoms with E-state index in [0.29, 0.717) is 11.4 Å². The number of aromatic nitrogens is 2. The van der Waals surface area contributed by atoms with Gasteiger partial charge in [0.05, 0.1) is 5.69 Å². The highest BCUT2D eigenvalue weighted by molar-refractivity contribution is 5.67. The van der Waals surface area contributed by atoms with Crippen molar-refractivity contribution >= 4 is 0 Å². The third-order valence-corrected chi connectivity index (χ3v) is 3.27. The Morgan fingerprint density at radius 2 is 1.84 bits per heavy atom. The van der Waals surface area contributed by atoms with Gasteiger partial charge in [0.15, 0.2) is 5.75 Å². The normalized spacial score (nSPS) is 11.2. The van der Waals surface area contributed by atoms with Crippen molar-refractivity contribution in [3.05, 3.63) is 35.5 Å². The molecule has 0 aliphatic heterocycles. The second-order valence-corrected chi connectivity index (χ2v) is 5.33. The van der Waals surface area contributed by atoms with Crippen molar-refractivity contribution in [2.45, 2.75) is 46.6 Å². The number of benzene rings is 1. The van der Waals surface area contributed by atoms with Crippen LogP contribution >= 0.6 is 0 Å². The lowest BCUT2D eigenvalue weighted by Gasteiger charge is -2.08. The molecule has 0 amide bonds. The summed E-state index contributed by atoms with van der Waals surface area (Å²) >= 11 is 0. The molecule has 0 spiro atoms. The zero-order valence-electron chi connectivity index (χ0n) is 12.1. The summed E-state index contributed by atoms with van der Waals surface area (Å²) in [5.41, 5.74) is 3.80. The van der Waals surface area contributed by atoms with Crippen LogP contribution in [0, 0.1) is 6.92 Å². The Kier molecular flexibility index (Phi) is 3.93. The molecule has 1 N–H and O–H groups in total. The van der Waals surface area contributed by atoms with E-state index in [1.54, 1.807) is 0 Å². The molecule has 1 heterocycles. The van der Waals surface area contributed by atoms with Crippen LogP contribution in [-0.2, 0) is 6.54 Å². The van der Waals surface area contributed by atoms with Gasteiger partial charge in [0.1, 0.15) is 5.69 Å². The van der Waals surface area contributed by atoms with Gasteiger partial charge in [-0.15, -0.1) is 0 Å². The maximum Gasteiger partial charge on any atom is 0.165 e. The molecule has 3 heteroatoms. The molecule has 0 aliphatic carbocycles. The minimum Gasteiger partial charge on any atom is -0.504 e. The molecule has 0 fully saturated rings. The number of aryl methyl sites for hydroxylation is 2. The Balaban J connectivity index is 2.52. The second kappa shape index (κ2) is 5.47. The Morgan fingerprint density at radius 1 is 1.21 bits per heavy atom. The molecule has 19 heavy (non-hydrogen) atoms. The zero-order chi connectivity index (χ0) is 14.0. The largest absolute Gasteiger partial charge is 0.504 e. The molecule has 1 aromatic carbocycles. The number of hydrogen-bond donors (Lipinski definition) is 1. The fourth-order valence-corrected chi connectivity index (χ4v) is 2.33. The van der Waals surface area contributed by atoms with Crippen LogP contribution in [0.2, 0.25) is 0 Å². The van der Waals surface area contributed by atoms with Crippen LogP contribution in [-0.4, -0.2) is 14.9 Å². The van der Waals surface area contributed by atoms with E-state index in [2.05, 4.69) is 32.8 Å². The molecule has 0 atom stereocenters. The van der Waals surface area contributed by atoms with Crippen molar-refractivity contribution in [1.82, 2.24) is 9.78 Å². The summed E-state index contributed by atoms with van der Waals surface area (Å²) in [6, 6.07) is 8.11. The average Bonchev–Trinajstić information content (AvgIpc) is 2.68. The first-order valence-corrected chi connectivity index (χ1v) is 6.91. The van der Waals surface area contributed by atoms with Gasteiger partial charge in [-0.3, -0.25) is 4.68 Å². The number of hydrogen-bond acceptors (Lipinski definition) is 2. The van der Waals surface area contributed by atoms with Crippen molar-refractivity contribution in [3.63, 3.8) is 0 Å². The lowest BCUT2D eigenvalue weighted by molar-refractivity contribution is 0.457. The van der Waals surface area contributed by atoms with E-state index in [4.69, 9.17) is 0 Å². The van der Waals surface area contributed by atoms with Crippen molar-refractivity contribution in [2.75, 3.05) is 0 Å². The summed E-state index contributed by atoms with van der Waals surface area (Å²) in [6.07, 6.45) is 1.01. The Morgan fingerprint density at radius 3 is 2.37 bits per heavy atom. The smallest absolute Gasteiger partial charge is 0.165 e. The highest BCUT2D eigenvalue weighted by atomic mass is 16.3. The Hall–Kier alpha value is -1.77. The van der Waals surface area contributed by atoms with Crippen LogP contribution in [0.15, 0.2) is 24.3 Å². The van der Waals surface area contributed by atoms with Gasteiger partial charge in [-0.05, 0) is 19.3 Å². The first-order valence-electron chi connectivity index (χ1n) is 6.91. The molecule has 2 rings (SSSR count). The van der Waals surface area contributed by atoms with E-state index in [-0.39, 0.29) is 5.92 Å². The Labute approximate surface area is 114 Å². The van der Waals surface area contributed by atoms with E-state index >= 15 is 0 Å². The second-order valence-electron chi connectivity index (χ2n) is 5.33. The predicted octanol–water partition coefficient (Wildman–Crippen LogP) is 4.10. The minimum atomic E-state index is 0.262. The van der Waals surface area contributed by atoms with Gasteiger partial charge < -0.3 is 5.11 Å². The summed E-state index contributed by atoms with van der Waals surface area (Å²) in [5.74, 6) is 0.588. The lowest BCUT2D eigenvalue weighted by atomic mass is 10.1. The first-order chi connectivity index (χ1) is 9.04. The molecule has 2 aromatic rings. The summed E-state index contributed by atoms with van der Waals surface area (Å²) in [6.45, 7) is 9.18. The monoisotopic (exact) mass is 258 g/mol. The predicted molar refractivity (Wildman–Crippen MR) is 78.4 cm³/mol. The summed E-state index contributed by atoms with van der Waals surface area (Å²) < 4.78 is 1.94. The van der Waals surface area contributed by atoms with Crippen LogP contribution in [0.25, 0.3) is 11.3 Å². The molecule has 102 valence electrons. The van der Waals surface area contributed by atoms with Crippen LogP contribution in [0.1, 0.15) is 44.4 Å². The number of rotatable bonds is 4. The van der Waals surface area contributed by atoms with Crippen molar-refractivity contribution < 1.29 is 5.11 Å². The highest BCUT2D eigenvalue weighted by Crippen LogP contribution is 2.35. The van der Waals surface area contributed by atoms with Crippen molar-refractivity contribution in [3.8, 4) is 17.0 Å². The number of aromatic hydroxyl groups is 1. The van der Waals surface area contributed by atoms with Gasteiger partial charge in [-0.2, -0.15) is 5.10 Å². The molecular formula is C16H22N2O. The van der Waals surface area contributed by atoms with E-state index in [1.165, 1.54) is 5.56 Å². The lowest BCUT2D eigenvalue weighted by Crippen LogP contribution is -2.05. The summed E-state index contributed by atoms with van der Waals surface area (Å²) in [4.78, 5) is 0. The molecule has 0 saturated heterocycles. The molecular weight excluding hydrogens is 236 g/mol. The maximum atomic E-state index is 10.4. The van der Waals surface area contributed by atoms with Gasteiger partial charge in [-0.25, -0.2) is 0 Å². The zero-order valence-corrected chi connectivity index (χ0v) is 12.1.